The molecule has 0 bridgehead atoms. The number of carbonyl (C=O) groups excluding carboxylic acids is 4. The van der Waals surface area contributed by atoms with Crippen LogP contribution in [0.2, 0.25) is 5.02 Å². The van der Waals surface area contributed by atoms with E-state index in [0.29, 0.717) is 16.4 Å². The van der Waals surface area contributed by atoms with Crippen molar-refractivity contribution in [3.63, 3.8) is 0 Å². The average Bonchev–Trinajstić information content (AvgIpc) is 3.09. The minimum atomic E-state index is -0.720. The smallest absolute Gasteiger partial charge is 0.337 e. The SMILES string of the molecule is COC(=O)c1cccc(N2C(=O)C(Cl)=C(Nc3ccc(CC(=O)Nc4ccc(Cl)cc4C)cc3)C2=O)c1. The van der Waals surface area contributed by atoms with Crippen molar-refractivity contribution < 1.29 is 23.9 Å². The van der Waals surface area contributed by atoms with Crippen LogP contribution < -0.4 is 15.5 Å². The van der Waals surface area contributed by atoms with Crippen LogP contribution in [0.25, 0.3) is 0 Å². The molecular formula is C27H21Cl2N3O5. The van der Waals surface area contributed by atoms with Crippen molar-refractivity contribution in [3.8, 4) is 0 Å². The molecule has 0 saturated carbocycles. The number of hydrogen-bond donors (Lipinski definition) is 2. The van der Waals surface area contributed by atoms with E-state index < -0.39 is 17.8 Å². The Morgan fingerprint density at radius 3 is 2.35 bits per heavy atom. The van der Waals surface area contributed by atoms with Crippen LogP contribution in [-0.2, 0) is 25.5 Å². The molecule has 0 unspecified atom stereocenters. The zero-order valence-electron chi connectivity index (χ0n) is 19.8. The average molecular weight is 538 g/mol. The predicted molar refractivity (Wildman–Crippen MR) is 142 cm³/mol. The fourth-order valence-electron chi connectivity index (χ4n) is 3.73. The molecule has 188 valence electrons. The molecule has 1 heterocycles. The molecule has 0 fully saturated rings. The first-order chi connectivity index (χ1) is 17.7. The molecule has 0 spiro atoms. The van der Waals surface area contributed by atoms with Gasteiger partial charge in [0.05, 0.1) is 24.8 Å². The van der Waals surface area contributed by atoms with Gasteiger partial charge >= 0.3 is 5.97 Å². The fourth-order valence-corrected chi connectivity index (χ4v) is 4.17. The monoisotopic (exact) mass is 537 g/mol. The van der Waals surface area contributed by atoms with Gasteiger partial charge in [-0.3, -0.25) is 14.4 Å². The van der Waals surface area contributed by atoms with Crippen molar-refractivity contribution in [1.82, 2.24) is 0 Å². The number of ether oxygens (including phenoxy) is 1. The lowest BCUT2D eigenvalue weighted by Crippen LogP contribution is -2.32. The maximum absolute atomic E-state index is 13.0. The molecule has 1 aliphatic heterocycles. The second-order valence-corrected chi connectivity index (χ2v) is 9.00. The van der Waals surface area contributed by atoms with E-state index in [-0.39, 0.29) is 34.3 Å². The molecular weight excluding hydrogens is 517 g/mol. The topological polar surface area (TPSA) is 105 Å². The van der Waals surface area contributed by atoms with Crippen molar-refractivity contribution in [2.24, 2.45) is 0 Å². The van der Waals surface area contributed by atoms with E-state index in [1.54, 1.807) is 42.5 Å². The Hall–Kier alpha value is -4.14. The van der Waals surface area contributed by atoms with Crippen molar-refractivity contribution >= 4 is 64.0 Å². The normalized spacial score (nSPS) is 13.1. The number of hydrogen-bond acceptors (Lipinski definition) is 6. The largest absolute Gasteiger partial charge is 0.465 e. The van der Waals surface area contributed by atoms with Crippen LogP contribution in [0.3, 0.4) is 0 Å². The van der Waals surface area contributed by atoms with Gasteiger partial charge in [-0.1, -0.05) is 41.4 Å². The first-order valence-electron chi connectivity index (χ1n) is 11.1. The van der Waals surface area contributed by atoms with Crippen LogP contribution in [0.5, 0.6) is 0 Å². The third-order valence-electron chi connectivity index (χ3n) is 5.60. The number of rotatable bonds is 7. The van der Waals surface area contributed by atoms with Gasteiger partial charge in [-0.25, -0.2) is 9.69 Å². The molecule has 37 heavy (non-hydrogen) atoms. The number of imide groups is 1. The van der Waals surface area contributed by atoms with E-state index in [4.69, 9.17) is 27.9 Å². The third kappa shape index (κ3) is 5.66. The number of nitrogens with one attached hydrogen (secondary N) is 2. The number of halogens is 2. The van der Waals surface area contributed by atoms with Gasteiger partial charge in [0, 0.05) is 16.4 Å². The van der Waals surface area contributed by atoms with Gasteiger partial charge in [0.15, 0.2) is 0 Å². The highest BCUT2D eigenvalue weighted by Crippen LogP contribution is 2.31. The van der Waals surface area contributed by atoms with Crippen LogP contribution in [0.4, 0.5) is 17.1 Å². The summed E-state index contributed by atoms with van der Waals surface area (Å²) in [7, 11) is 1.24. The highest BCUT2D eigenvalue weighted by molar-refractivity contribution is 6.53. The number of amides is 3. The van der Waals surface area contributed by atoms with Gasteiger partial charge in [-0.15, -0.1) is 0 Å². The molecule has 3 aromatic rings. The second kappa shape index (κ2) is 10.9. The molecule has 8 nitrogen and oxygen atoms in total. The van der Waals surface area contributed by atoms with E-state index in [1.165, 1.54) is 31.4 Å². The zero-order chi connectivity index (χ0) is 26.7. The van der Waals surface area contributed by atoms with E-state index in [2.05, 4.69) is 10.6 Å². The third-order valence-corrected chi connectivity index (χ3v) is 6.19. The molecule has 1 aliphatic rings. The molecule has 0 saturated heterocycles. The number of methoxy groups -OCH3 is 1. The van der Waals surface area contributed by atoms with Crippen LogP contribution in [0.15, 0.2) is 77.5 Å². The number of benzene rings is 3. The highest BCUT2D eigenvalue weighted by atomic mass is 35.5. The summed E-state index contributed by atoms with van der Waals surface area (Å²) in [6.45, 7) is 1.85. The predicted octanol–water partition coefficient (Wildman–Crippen LogP) is 5.05. The summed E-state index contributed by atoms with van der Waals surface area (Å²) in [6, 6.07) is 17.9. The molecule has 0 aliphatic carbocycles. The quantitative estimate of drug-likeness (QED) is 0.322. The van der Waals surface area contributed by atoms with E-state index in [9.17, 15) is 19.2 Å². The first kappa shape index (κ1) is 25.9. The summed E-state index contributed by atoms with van der Waals surface area (Å²) in [5.41, 5.74) is 3.04. The maximum Gasteiger partial charge on any atom is 0.337 e. The Kier molecular flexibility index (Phi) is 7.61. The van der Waals surface area contributed by atoms with Gasteiger partial charge in [0.25, 0.3) is 11.8 Å². The molecule has 0 radical (unpaired) electrons. The Bertz CT molecular complexity index is 1450. The summed E-state index contributed by atoms with van der Waals surface area (Å²) < 4.78 is 4.70. The van der Waals surface area contributed by atoms with Gasteiger partial charge in [0.1, 0.15) is 10.7 Å². The Labute approximate surface area is 222 Å². The summed E-state index contributed by atoms with van der Waals surface area (Å²) in [6.07, 6.45) is 0.132. The lowest BCUT2D eigenvalue weighted by Gasteiger charge is -2.16. The highest BCUT2D eigenvalue weighted by Gasteiger charge is 2.39. The lowest BCUT2D eigenvalue weighted by atomic mass is 10.1. The Morgan fingerprint density at radius 1 is 0.946 bits per heavy atom. The maximum atomic E-state index is 13.0. The number of carbonyl (C=O) groups is 4. The van der Waals surface area contributed by atoms with E-state index in [1.807, 2.05) is 6.92 Å². The number of aryl methyl sites for hydroxylation is 1. The molecule has 0 aromatic heterocycles. The lowest BCUT2D eigenvalue weighted by molar-refractivity contribution is -0.120. The van der Waals surface area contributed by atoms with Gasteiger partial charge in [-0.2, -0.15) is 0 Å². The van der Waals surface area contributed by atoms with E-state index >= 15 is 0 Å². The molecule has 4 rings (SSSR count). The van der Waals surface area contributed by atoms with E-state index in [0.717, 1.165) is 16.0 Å². The number of nitrogens with zero attached hydrogens (tertiary/aromatic N) is 1. The molecule has 0 atom stereocenters. The standard InChI is InChI=1S/C27H21Cl2N3O5/c1-15-12-18(28)8-11-21(15)31-22(33)13-16-6-9-19(10-7-16)30-24-23(29)25(34)32(26(24)35)20-5-3-4-17(14-20)27(36)37-2/h3-12,14,30H,13H2,1-2H3,(H,31,33). The van der Waals surface area contributed by atoms with Crippen LogP contribution in [-0.4, -0.2) is 30.8 Å². The van der Waals surface area contributed by atoms with Crippen LogP contribution in [0.1, 0.15) is 21.5 Å². The molecule has 3 amide bonds. The zero-order valence-corrected chi connectivity index (χ0v) is 21.3. The first-order valence-corrected chi connectivity index (χ1v) is 11.8. The van der Waals surface area contributed by atoms with Crippen molar-refractivity contribution in [3.05, 3.63) is 99.2 Å². The molecule has 3 aromatic carbocycles. The molecule has 10 heteroatoms. The Balaban J connectivity index is 1.43. The number of esters is 1. The van der Waals surface area contributed by atoms with Crippen molar-refractivity contribution in [1.29, 1.82) is 0 Å². The summed E-state index contributed by atoms with van der Waals surface area (Å²) in [5.74, 6) is -2.19. The number of anilines is 3. The van der Waals surface area contributed by atoms with Gasteiger partial charge in [0.2, 0.25) is 5.91 Å². The summed E-state index contributed by atoms with van der Waals surface area (Å²) >= 11 is 12.2. The minimum absolute atomic E-state index is 0.0983. The van der Waals surface area contributed by atoms with Gasteiger partial charge < -0.3 is 15.4 Å². The second-order valence-electron chi connectivity index (χ2n) is 8.18. The van der Waals surface area contributed by atoms with Crippen molar-refractivity contribution in [2.45, 2.75) is 13.3 Å². The summed E-state index contributed by atoms with van der Waals surface area (Å²) in [5, 5.41) is 6.05. The fraction of sp³-hybridized carbons (Fsp3) is 0.111. The van der Waals surface area contributed by atoms with Crippen molar-refractivity contribution in [2.75, 3.05) is 22.6 Å². The van der Waals surface area contributed by atoms with Crippen LogP contribution >= 0.6 is 23.2 Å². The Morgan fingerprint density at radius 2 is 1.68 bits per heavy atom. The summed E-state index contributed by atoms with van der Waals surface area (Å²) in [4.78, 5) is 51.0. The minimum Gasteiger partial charge on any atom is -0.465 e. The molecule has 2 N–H and O–H groups in total. The van der Waals surface area contributed by atoms with Crippen LogP contribution in [0, 0.1) is 6.92 Å². The van der Waals surface area contributed by atoms with Gasteiger partial charge in [-0.05, 0) is 66.6 Å².